The Morgan fingerprint density at radius 1 is 1.45 bits per heavy atom. The molecule has 0 N–H and O–H groups in total. The van der Waals surface area contributed by atoms with Crippen molar-refractivity contribution in [3.63, 3.8) is 0 Å². The molecule has 0 saturated carbocycles. The molecule has 1 aliphatic rings. The largest absolute Gasteiger partial charge is 0.467 e. The van der Waals surface area contributed by atoms with E-state index in [0.29, 0.717) is 6.42 Å². The zero-order valence-corrected chi connectivity index (χ0v) is 11.2. The van der Waals surface area contributed by atoms with Gasteiger partial charge in [0.25, 0.3) is 0 Å². The Kier molecular flexibility index (Phi) is 4.01. The smallest absolute Gasteiger partial charge is 0.328 e. The van der Waals surface area contributed by atoms with E-state index in [1.165, 1.54) is 12.0 Å². The molecule has 1 aromatic carbocycles. The molecular formula is C14H15F2NO3. The fourth-order valence-corrected chi connectivity index (χ4v) is 2.54. The Balaban J connectivity index is 2.34. The summed E-state index contributed by atoms with van der Waals surface area (Å²) in [6, 6.07) is 1.58. The predicted octanol–water partition coefficient (Wildman–Crippen LogP) is 2.19. The monoisotopic (exact) mass is 283 g/mol. The molecule has 2 atom stereocenters. The quantitative estimate of drug-likeness (QED) is 0.799. The number of rotatable bonds is 3. The van der Waals surface area contributed by atoms with Crippen molar-refractivity contribution in [3.05, 3.63) is 35.4 Å². The van der Waals surface area contributed by atoms with E-state index in [1.807, 2.05) is 0 Å². The lowest BCUT2D eigenvalue weighted by Crippen LogP contribution is -2.41. The topological polar surface area (TPSA) is 46.6 Å². The van der Waals surface area contributed by atoms with Crippen LogP contribution in [0.25, 0.3) is 0 Å². The highest BCUT2D eigenvalue weighted by molar-refractivity contribution is 5.88. The molecule has 1 aromatic rings. The van der Waals surface area contributed by atoms with Gasteiger partial charge in [-0.1, -0.05) is 0 Å². The normalized spacial score (nSPS) is 20.1. The van der Waals surface area contributed by atoms with Crippen molar-refractivity contribution in [2.75, 3.05) is 7.11 Å². The molecule has 2 rings (SSSR count). The fourth-order valence-electron chi connectivity index (χ4n) is 2.54. The molecule has 20 heavy (non-hydrogen) atoms. The average molecular weight is 283 g/mol. The van der Waals surface area contributed by atoms with Crippen molar-refractivity contribution >= 4 is 11.9 Å². The Hall–Kier alpha value is -1.98. The number of carbonyl (C=O) groups excluding carboxylic acids is 2. The van der Waals surface area contributed by atoms with Crippen molar-refractivity contribution in [1.82, 2.24) is 4.90 Å². The molecule has 1 amide bonds. The number of likely N-dealkylation sites (tertiary alicyclic amines) is 1. The van der Waals surface area contributed by atoms with Gasteiger partial charge in [0, 0.05) is 12.0 Å². The minimum atomic E-state index is -0.745. The second-order valence-electron chi connectivity index (χ2n) is 4.72. The maximum Gasteiger partial charge on any atom is 0.328 e. The van der Waals surface area contributed by atoms with Gasteiger partial charge in [-0.05, 0) is 31.5 Å². The Bertz CT molecular complexity index is 547. The third-order valence-electron chi connectivity index (χ3n) is 3.55. The molecule has 4 nitrogen and oxygen atoms in total. The number of esters is 1. The molecule has 108 valence electrons. The lowest BCUT2D eigenvalue weighted by atomic mass is 10.0. The fraction of sp³-hybridized carbons (Fsp3) is 0.429. The summed E-state index contributed by atoms with van der Waals surface area (Å²) >= 11 is 0. The SMILES string of the molecule is COC(=O)C1CCC(=O)N1C(C)c1cc(F)ccc1F. The molecule has 2 unspecified atom stereocenters. The first-order valence-corrected chi connectivity index (χ1v) is 6.29. The number of hydrogen-bond donors (Lipinski definition) is 0. The molecular weight excluding hydrogens is 268 g/mol. The minimum absolute atomic E-state index is 0.0501. The van der Waals surface area contributed by atoms with Crippen LogP contribution >= 0.6 is 0 Å². The van der Waals surface area contributed by atoms with Crippen LogP contribution in [0.2, 0.25) is 0 Å². The van der Waals surface area contributed by atoms with Crippen LogP contribution in [0.1, 0.15) is 31.4 Å². The van der Waals surface area contributed by atoms with Crippen LogP contribution in [0.5, 0.6) is 0 Å². The summed E-state index contributed by atoms with van der Waals surface area (Å²) in [5.74, 6) is -2.01. The molecule has 1 aliphatic heterocycles. The van der Waals surface area contributed by atoms with Gasteiger partial charge in [-0.25, -0.2) is 13.6 Å². The molecule has 0 radical (unpaired) electrons. The highest BCUT2D eigenvalue weighted by Crippen LogP contribution is 2.32. The number of methoxy groups -OCH3 is 1. The van der Waals surface area contributed by atoms with Crippen LogP contribution < -0.4 is 0 Å². The molecule has 0 aliphatic carbocycles. The summed E-state index contributed by atoms with van der Waals surface area (Å²) < 4.78 is 31.7. The van der Waals surface area contributed by atoms with Crippen molar-refractivity contribution in [2.24, 2.45) is 0 Å². The van der Waals surface area contributed by atoms with Crippen molar-refractivity contribution in [1.29, 1.82) is 0 Å². The van der Waals surface area contributed by atoms with Crippen molar-refractivity contribution in [3.8, 4) is 0 Å². The highest BCUT2D eigenvalue weighted by atomic mass is 19.1. The number of carbonyl (C=O) groups is 2. The summed E-state index contributed by atoms with van der Waals surface area (Å²) in [5, 5.41) is 0. The molecule has 6 heteroatoms. The second kappa shape index (κ2) is 5.56. The van der Waals surface area contributed by atoms with Gasteiger partial charge in [0.2, 0.25) is 5.91 Å². The summed E-state index contributed by atoms with van der Waals surface area (Å²) in [5.41, 5.74) is 0.0501. The van der Waals surface area contributed by atoms with Crippen molar-refractivity contribution < 1.29 is 23.1 Å². The third-order valence-corrected chi connectivity index (χ3v) is 3.55. The molecule has 1 heterocycles. The van der Waals surface area contributed by atoms with Crippen LogP contribution in [-0.4, -0.2) is 29.9 Å². The van der Waals surface area contributed by atoms with Gasteiger partial charge in [0.1, 0.15) is 17.7 Å². The van der Waals surface area contributed by atoms with E-state index in [0.717, 1.165) is 18.2 Å². The van der Waals surface area contributed by atoms with Gasteiger partial charge in [-0.15, -0.1) is 0 Å². The average Bonchev–Trinajstić information content (AvgIpc) is 2.81. The lowest BCUT2D eigenvalue weighted by Gasteiger charge is -2.29. The van der Waals surface area contributed by atoms with Gasteiger partial charge in [-0.2, -0.15) is 0 Å². The summed E-state index contributed by atoms with van der Waals surface area (Å²) in [6.07, 6.45) is 0.522. The summed E-state index contributed by atoms with van der Waals surface area (Å²) in [6.45, 7) is 1.57. The number of halogens is 2. The lowest BCUT2D eigenvalue weighted by molar-refractivity contribution is -0.150. The summed E-state index contributed by atoms with van der Waals surface area (Å²) in [7, 11) is 1.23. The predicted molar refractivity (Wildman–Crippen MR) is 66.7 cm³/mol. The Labute approximate surface area is 115 Å². The van der Waals surface area contributed by atoms with Crippen LogP contribution in [-0.2, 0) is 14.3 Å². The van der Waals surface area contributed by atoms with E-state index in [4.69, 9.17) is 0 Å². The zero-order valence-electron chi connectivity index (χ0n) is 11.2. The van der Waals surface area contributed by atoms with Crippen LogP contribution in [0, 0.1) is 11.6 Å². The number of nitrogens with zero attached hydrogens (tertiary/aromatic N) is 1. The maximum atomic E-state index is 13.8. The molecule has 1 saturated heterocycles. The van der Waals surface area contributed by atoms with E-state index in [1.54, 1.807) is 6.92 Å². The molecule has 0 bridgehead atoms. The van der Waals surface area contributed by atoms with Gasteiger partial charge < -0.3 is 9.64 Å². The second-order valence-corrected chi connectivity index (χ2v) is 4.72. The number of hydrogen-bond acceptors (Lipinski definition) is 3. The Morgan fingerprint density at radius 2 is 2.15 bits per heavy atom. The first-order valence-electron chi connectivity index (χ1n) is 6.29. The van der Waals surface area contributed by atoms with Crippen LogP contribution in [0.4, 0.5) is 8.78 Å². The minimum Gasteiger partial charge on any atom is -0.467 e. The van der Waals surface area contributed by atoms with E-state index in [9.17, 15) is 18.4 Å². The van der Waals surface area contributed by atoms with E-state index in [-0.39, 0.29) is 17.9 Å². The highest BCUT2D eigenvalue weighted by Gasteiger charge is 2.40. The zero-order chi connectivity index (χ0) is 14.9. The van der Waals surface area contributed by atoms with Crippen LogP contribution in [0.3, 0.4) is 0 Å². The van der Waals surface area contributed by atoms with Crippen LogP contribution in [0.15, 0.2) is 18.2 Å². The number of benzene rings is 1. The maximum absolute atomic E-state index is 13.8. The standard InChI is InChI=1S/C14H15F2NO3/c1-8(10-7-9(15)3-4-11(10)16)17-12(14(19)20-2)5-6-13(17)18/h3-4,7-8,12H,5-6H2,1-2H3. The van der Waals surface area contributed by atoms with E-state index in [2.05, 4.69) is 4.74 Å². The van der Waals surface area contributed by atoms with Gasteiger partial charge >= 0.3 is 5.97 Å². The first kappa shape index (κ1) is 14.4. The van der Waals surface area contributed by atoms with Crippen molar-refractivity contribution in [2.45, 2.75) is 31.8 Å². The van der Waals surface area contributed by atoms with E-state index >= 15 is 0 Å². The number of ether oxygens (including phenoxy) is 1. The molecule has 0 spiro atoms. The third kappa shape index (κ3) is 2.50. The van der Waals surface area contributed by atoms with E-state index < -0.39 is 29.7 Å². The molecule has 1 fully saturated rings. The molecule has 0 aromatic heterocycles. The van der Waals surface area contributed by atoms with Gasteiger partial charge in [0.15, 0.2) is 0 Å². The summed E-state index contributed by atoms with van der Waals surface area (Å²) in [4.78, 5) is 24.9. The number of amides is 1. The van der Waals surface area contributed by atoms with Gasteiger partial charge in [-0.3, -0.25) is 4.79 Å². The Morgan fingerprint density at radius 3 is 2.80 bits per heavy atom. The first-order chi connectivity index (χ1) is 9.45. The van der Waals surface area contributed by atoms with Gasteiger partial charge in [0.05, 0.1) is 13.2 Å².